The number of carbonyl (C=O) groups is 1. The summed E-state index contributed by atoms with van der Waals surface area (Å²) in [6, 6.07) is 13.7. The van der Waals surface area contributed by atoms with E-state index in [2.05, 4.69) is 29.6 Å². The Morgan fingerprint density at radius 3 is 2.92 bits per heavy atom. The number of allylic oxidation sites excluding steroid dienone is 2. The van der Waals surface area contributed by atoms with Gasteiger partial charge in [-0.3, -0.25) is 0 Å². The Kier molecular flexibility index (Phi) is 3.53. The van der Waals surface area contributed by atoms with E-state index in [1.165, 1.54) is 5.56 Å². The van der Waals surface area contributed by atoms with Gasteiger partial charge in [-0.2, -0.15) is 0 Å². The third kappa shape index (κ3) is 2.35. The lowest BCUT2D eigenvalue weighted by Crippen LogP contribution is -2.29. The summed E-state index contributed by atoms with van der Waals surface area (Å²) >= 11 is 0. The second kappa shape index (κ2) is 5.71. The van der Waals surface area contributed by atoms with E-state index in [9.17, 15) is 9.90 Å². The van der Waals surface area contributed by atoms with E-state index in [0.717, 1.165) is 23.4 Å². The van der Waals surface area contributed by atoms with Crippen molar-refractivity contribution < 1.29 is 14.6 Å². The number of hydrogen-bond acceptors (Lipinski definition) is 3. The molecule has 0 radical (unpaired) electrons. The molecule has 0 aromatic heterocycles. The Bertz CT molecular complexity index is 827. The molecule has 4 nitrogen and oxygen atoms in total. The number of nitrogens with one attached hydrogen (secondary N) is 1. The molecule has 1 heterocycles. The predicted octanol–water partition coefficient (Wildman–Crippen LogP) is 4.22. The first-order valence-corrected chi connectivity index (χ1v) is 8.12. The molecule has 3 atom stereocenters. The summed E-state index contributed by atoms with van der Waals surface area (Å²) in [5.74, 6) is 0.598. The van der Waals surface area contributed by atoms with Crippen LogP contribution >= 0.6 is 0 Å². The average Bonchev–Trinajstić information content (AvgIpc) is 3.10. The van der Waals surface area contributed by atoms with Crippen molar-refractivity contribution in [2.24, 2.45) is 5.92 Å². The van der Waals surface area contributed by atoms with Gasteiger partial charge in [0.25, 0.3) is 0 Å². The van der Waals surface area contributed by atoms with Crippen LogP contribution in [0.25, 0.3) is 0 Å². The van der Waals surface area contributed by atoms with Crippen molar-refractivity contribution in [1.82, 2.24) is 0 Å². The highest BCUT2D eigenvalue weighted by Crippen LogP contribution is 2.50. The lowest BCUT2D eigenvalue weighted by molar-refractivity contribution is 0.0696. The Hall–Kier alpha value is -2.75. The zero-order valence-electron chi connectivity index (χ0n) is 13.4. The van der Waals surface area contributed by atoms with Gasteiger partial charge in [-0.25, -0.2) is 4.79 Å². The average molecular weight is 321 g/mol. The molecule has 0 bridgehead atoms. The molecule has 0 saturated carbocycles. The molecule has 2 aromatic rings. The molecular formula is C20H19NO3. The molecule has 1 aliphatic heterocycles. The quantitative estimate of drug-likeness (QED) is 0.831. The van der Waals surface area contributed by atoms with Crippen molar-refractivity contribution in [2.45, 2.75) is 18.4 Å². The van der Waals surface area contributed by atoms with Gasteiger partial charge in [0.15, 0.2) is 0 Å². The summed E-state index contributed by atoms with van der Waals surface area (Å²) in [5.41, 5.74) is 3.63. The van der Waals surface area contributed by atoms with Crippen LogP contribution in [0.15, 0.2) is 54.6 Å². The van der Waals surface area contributed by atoms with Gasteiger partial charge in [0, 0.05) is 11.6 Å². The van der Waals surface area contributed by atoms with Crippen LogP contribution in [0, 0.1) is 5.92 Å². The lowest BCUT2D eigenvalue weighted by atomic mass is 9.76. The molecule has 1 aliphatic carbocycles. The summed E-state index contributed by atoms with van der Waals surface area (Å²) in [4.78, 5) is 11.3. The number of rotatable bonds is 3. The number of anilines is 1. The number of carboxylic acid groups (broad SMARTS) is 1. The molecule has 2 N–H and O–H groups in total. The molecule has 0 amide bonds. The number of methoxy groups -OCH3 is 1. The van der Waals surface area contributed by atoms with Crippen molar-refractivity contribution in [3.8, 4) is 5.75 Å². The SMILES string of the molecule is COc1cccc([C@@H]2Nc3ccc(C(=O)O)cc3[C@@H]3C=CC[C@H]32)c1. The standard InChI is InChI=1S/C20H19NO3/c1-24-14-5-2-4-12(10-14)19-16-7-3-6-15(16)17-11-13(20(22)23)8-9-18(17)21-19/h2-6,8-11,15-16,19,21H,7H2,1H3,(H,22,23)/t15-,16-,19+/m1/s1. The topological polar surface area (TPSA) is 58.6 Å². The van der Waals surface area contributed by atoms with E-state index < -0.39 is 5.97 Å². The van der Waals surface area contributed by atoms with E-state index in [1.807, 2.05) is 18.2 Å². The van der Waals surface area contributed by atoms with Gasteiger partial charge >= 0.3 is 5.97 Å². The first-order chi connectivity index (χ1) is 11.7. The van der Waals surface area contributed by atoms with Crippen molar-refractivity contribution >= 4 is 11.7 Å². The van der Waals surface area contributed by atoms with E-state index >= 15 is 0 Å². The normalized spacial score (nSPS) is 24.0. The van der Waals surface area contributed by atoms with Crippen LogP contribution < -0.4 is 10.1 Å². The first-order valence-electron chi connectivity index (χ1n) is 8.12. The molecule has 0 fully saturated rings. The van der Waals surface area contributed by atoms with Crippen LogP contribution in [0.4, 0.5) is 5.69 Å². The second-order valence-corrected chi connectivity index (χ2v) is 6.36. The van der Waals surface area contributed by atoms with E-state index in [-0.39, 0.29) is 12.0 Å². The summed E-state index contributed by atoms with van der Waals surface area (Å²) in [5, 5.41) is 12.9. The van der Waals surface area contributed by atoms with Crippen LogP contribution in [0.2, 0.25) is 0 Å². The summed E-state index contributed by atoms with van der Waals surface area (Å²) < 4.78 is 5.36. The molecule has 0 spiro atoms. The van der Waals surface area contributed by atoms with E-state index in [4.69, 9.17) is 4.74 Å². The minimum absolute atomic E-state index is 0.184. The molecular weight excluding hydrogens is 302 g/mol. The Morgan fingerprint density at radius 1 is 1.25 bits per heavy atom. The summed E-state index contributed by atoms with van der Waals surface area (Å²) in [6.45, 7) is 0. The smallest absolute Gasteiger partial charge is 0.335 e. The van der Waals surface area contributed by atoms with Gasteiger partial charge in [-0.15, -0.1) is 0 Å². The largest absolute Gasteiger partial charge is 0.497 e. The fraction of sp³-hybridized carbons (Fsp3) is 0.250. The fourth-order valence-electron chi connectivity index (χ4n) is 3.89. The van der Waals surface area contributed by atoms with Gasteiger partial charge < -0.3 is 15.2 Å². The second-order valence-electron chi connectivity index (χ2n) is 6.36. The maximum atomic E-state index is 11.3. The van der Waals surface area contributed by atoms with Crippen LogP contribution in [0.5, 0.6) is 5.75 Å². The number of hydrogen-bond donors (Lipinski definition) is 2. The number of carboxylic acids is 1. The van der Waals surface area contributed by atoms with Crippen molar-refractivity contribution in [3.05, 3.63) is 71.3 Å². The van der Waals surface area contributed by atoms with Gasteiger partial charge in [0.05, 0.1) is 18.7 Å². The molecule has 0 unspecified atom stereocenters. The van der Waals surface area contributed by atoms with Gasteiger partial charge in [0.1, 0.15) is 5.75 Å². The monoisotopic (exact) mass is 321 g/mol. The number of fused-ring (bicyclic) bond motifs is 3. The van der Waals surface area contributed by atoms with Crippen LogP contribution in [-0.2, 0) is 0 Å². The number of benzene rings is 2. The third-order valence-electron chi connectivity index (χ3n) is 5.06. The number of aromatic carboxylic acids is 1. The van der Waals surface area contributed by atoms with Crippen molar-refractivity contribution in [1.29, 1.82) is 0 Å². The fourth-order valence-corrected chi connectivity index (χ4v) is 3.89. The molecule has 122 valence electrons. The van der Waals surface area contributed by atoms with E-state index in [1.54, 1.807) is 19.2 Å². The van der Waals surface area contributed by atoms with Crippen LogP contribution in [0.3, 0.4) is 0 Å². The molecule has 4 rings (SSSR count). The maximum Gasteiger partial charge on any atom is 0.335 e. The molecule has 4 heteroatoms. The molecule has 2 aliphatic rings. The van der Waals surface area contributed by atoms with Crippen LogP contribution in [0.1, 0.15) is 39.9 Å². The maximum absolute atomic E-state index is 11.3. The predicted molar refractivity (Wildman–Crippen MR) is 92.7 cm³/mol. The Balaban J connectivity index is 1.76. The van der Waals surface area contributed by atoms with Gasteiger partial charge in [-0.05, 0) is 53.8 Å². The highest BCUT2D eigenvalue weighted by atomic mass is 16.5. The zero-order valence-corrected chi connectivity index (χ0v) is 13.4. The Labute approximate surface area is 140 Å². The first kappa shape index (κ1) is 14.8. The zero-order chi connectivity index (χ0) is 16.7. The van der Waals surface area contributed by atoms with Crippen molar-refractivity contribution in [2.75, 3.05) is 12.4 Å². The molecule has 24 heavy (non-hydrogen) atoms. The third-order valence-corrected chi connectivity index (χ3v) is 5.06. The van der Waals surface area contributed by atoms with Crippen molar-refractivity contribution in [3.63, 3.8) is 0 Å². The lowest BCUT2D eigenvalue weighted by Gasteiger charge is -2.37. The Morgan fingerprint density at radius 2 is 2.12 bits per heavy atom. The molecule has 2 aromatic carbocycles. The van der Waals surface area contributed by atoms with Gasteiger partial charge in [0.2, 0.25) is 0 Å². The molecule has 0 saturated heterocycles. The van der Waals surface area contributed by atoms with Gasteiger partial charge in [-0.1, -0.05) is 24.3 Å². The van der Waals surface area contributed by atoms with E-state index in [0.29, 0.717) is 11.5 Å². The minimum atomic E-state index is -0.883. The summed E-state index contributed by atoms with van der Waals surface area (Å²) in [6.07, 6.45) is 5.39. The number of ether oxygens (including phenoxy) is 1. The summed E-state index contributed by atoms with van der Waals surface area (Å²) in [7, 11) is 1.68. The highest BCUT2D eigenvalue weighted by molar-refractivity contribution is 5.89. The highest BCUT2D eigenvalue weighted by Gasteiger charge is 2.38. The van der Waals surface area contributed by atoms with Crippen LogP contribution in [-0.4, -0.2) is 18.2 Å². The minimum Gasteiger partial charge on any atom is -0.497 e.